The van der Waals surface area contributed by atoms with E-state index in [-0.39, 0.29) is 18.4 Å². The van der Waals surface area contributed by atoms with Crippen LogP contribution in [0.25, 0.3) is 0 Å². The van der Waals surface area contributed by atoms with Crippen molar-refractivity contribution in [3.05, 3.63) is 34.3 Å². The van der Waals surface area contributed by atoms with Gasteiger partial charge in [-0.25, -0.2) is 0 Å². The van der Waals surface area contributed by atoms with E-state index in [9.17, 15) is 0 Å². The van der Waals surface area contributed by atoms with Crippen LogP contribution in [0.4, 0.5) is 0 Å². The summed E-state index contributed by atoms with van der Waals surface area (Å²) in [6, 6.07) is 6.18. The lowest BCUT2D eigenvalue weighted by Crippen LogP contribution is -2.09. The summed E-state index contributed by atoms with van der Waals surface area (Å²) in [5.74, 6) is 0. The molecule has 1 nitrogen and oxygen atoms in total. The number of rotatable bonds is 3. The minimum Gasteiger partial charge on any atom is -0.324 e. The first-order chi connectivity index (χ1) is 6.15. The summed E-state index contributed by atoms with van der Waals surface area (Å²) < 4.78 is 0. The van der Waals surface area contributed by atoms with Crippen LogP contribution >= 0.6 is 24.0 Å². The molecule has 1 aromatic rings. The van der Waals surface area contributed by atoms with E-state index < -0.39 is 0 Å². The molecule has 0 aliphatic heterocycles. The predicted octanol–water partition coefficient (Wildman–Crippen LogP) is 3.87. The van der Waals surface area contributed by atoms with Crippen LogP contribution in [0, 0.1) is 6.92 Å². The summed E-state index contributed by atoms with van der Waals surface area (Å²) in [5, 5.41) is 0.809. The third-order valence-corrected chi connectivity index (χ3v) is 2.63. The van der Waals surface area contributed by atoms with Crippen LogP contribution in [0.5, 0.6) is 0 Å². The van der Waals surface area contributed by atoms with Gasteiger partial charge in [-0.1, -0.05) is 37.1 Å². The zero-order chi connectivity index (χ0) is 9.84. The number of hydrogen-bond acceptors (Lipinski definition) is 1. The Labute approximate surface area is 97.1 Å². The van der Waals surface area contributed by atoms with E-state index >= 15 is 0 Å². The first-order valence-electron chi connectivity index (χ1n) is 4.66. The highest BCUT2D eigenvalue weighted by Gasteiger charge is 2.05. The van der Waals surface area contributed by atoms with Crippen molar-refractivity contribution in [2.45, 2.75) is 32.7 Å². The molecule has 1 rings (SSSR count). The molecule has 0 aliphatic rings. The van der Waals surface area contributed by atoms with Gasteiger partial charge in [-0.15, -0.1) is 12.4 Å². The van der Waals surface area contributed by atoms with Gasteiger partial charge in [0.15, 0.2) is 0 Å². The van der Waals surface area contributed by atoms with E-state index in [1.807, 2.05) is 19.1 Å². The predicted molar refractivity (Wildman–Crippen MR) is 65.3 cm³/mol. The normalized spacial score (nSPS) is 12.0. The molecule has 0 heterocycles. The molecule has 0 saturated carbocycles. The lowest BCUT2D eigenvalue weighted by molar-refractivity contribution is 0.638. The summed E-state index contributed by atoms with van der Waals surface area (Å²) in [6.07, 6.45) is 2.12. The molecule has 0 fully saturated rings. The summed E-state index contributed by atoms with van der Waals surface area (Å²) in [6.45, 7) is 4.13. The lowest BCUT2D eigenvalue weighted by Gasteiger charge is -2.11. The fraction of sp³-hybridized carbons (Fsp3) is 0.455. The van der Waals surface area contributed by atoms with Gasteiger partial charge in [-0.2, -0.15) is 0 Å². The Hall–Kier alpha value is -0.240. The number of benzene rings is 1. The summed E-state index contributed by atoms with van der Waals surface area (Å²) >= 11 is 6.00. The van der Waals surface area contributed by atoms with Crippen LogP contribution in [0.2, 0.25) is 5.02 Å². The first kappa shape index (κ1) is 13.8. The zero-order valence-electron chi connectivity index (χ0n) is 8.59. The highest BCUT2D eigenvalue weighted by molar-refractivity contribution is 6.31. The standard InChI is InChI=1S/C11H16ClN.ClH/c1-3-4-11(13)9-6-5-8(2)10(12)7-9;/h5-7,11H,3-4,13H2,1-2H3;1H/t11-;/m1./s1. The van der Waals surface area contributed by atoms with Gasteiger partial charge in [-0.3, -0.25) is 0 Å². The average Bonchev–Trinajstić information content (AvgIpc) is 2.10. The van der Waals surface area contributed by atoms with Gasteiger partial charge in [0.1, 0.15) is 0 Å². The largest absolute Gasteiger partial charge is 0.324 e. The molecular weight excluding hydrogens is 217 g/mol. The quantitative estimate of drug-likeness (QED) is 0.844. The molecule has 0 bridgehead atoms. The van der Waals surface area contributed by atoms with E-state index in [1.54, 1.807) is 0 Å². The second kappa shape index (κ2) is 6.28. The summed E-state index contributed by atoms with van der Waals surface area (Å²) in [4.78, 5) is 0. The van der Waals surface area contributed by atoms with Gasteiger partial charge in [-0.05, 0) is 30.5 Å². The van der Waals surface area contributed by atoms with E-state index in [0.29, 0.717) is 0 Å². The van der Waals surface area contributed by atoms with Gasteiger partial charge in [0.2, 0.25) is 0 Å². The minimum absolute atomic E-state index is 0. The molecule has 3 heteroatoms. The van der Waals surface area contributed by atoms with Crippen molar-refractivity contribution < 1.29 is 0 Å². The molecule has 0 amide bonds. The van der Waals surface area contributed by atoms with E-state index in [4.69, 9.17) is 17.3 Å². The Kier molecular flexibility index (Phi) is 6.17. The smallest absolute Gasteiger partial charge is 0.0438 e. The van der Waals surface area contributed by atoms with Crippen LogP contribution in [-0.4, -0.2) is 0 Å². The van der Waals surface area contributed by atoms with Gasteiger partial charge >= 0.3 is 0 Å². The van der Waals surface area contributed by atoms with Crippen molar-refractivity contribution in [2.24, 2.45) is 5.73 Å². The Bertz CT molecular complexity index is 287. The highest BCUT2D eigenvalue weighted by Crippen LogP contribution is 2.22. The van der Waals surface area contributed by atoms with Gasteiger partial charge in [0.05, 0.1) is 0 Å². The monoisotopic (exact) mass is 233 g/mol. The number of hydrogen-bond donors (Lipinski definition) is 1. The van der Waals surface area contributed by atoms with E-state index in [0.717, 1.165) is 29.0 Å². The molecule has 1 atom stereocenters. The number of aryl methyl sites for hydroxylation is 1. The van der Waals surface area contributed by atoms with Gasteiger partial charge in [0.25, 0.3) is 0 Å². The Morgan fingerprint density at radius 2 is 2.07 bits per heavy atom. The Morgan fingerprint density at radius 3 is 2.57 bits per heavy atom. The fourth-order valence-corrected chi connectivity index (χ4v) is 1.51. The molecule has 0 aromatic heterocycles. The molecular formula is C11H17Cl2N. The van der Waals surface area contributed by atoms with Gasteiger partial charge in [0, 0.05) is 11.1 Å². The fourth-order valence-electron chi connectivity index (χ4n) is 1.32. The first-order valence-corrected chi connectivity index (χ1v) is 5.04. The van der Waals surface area contributed by atoms with Crippen molar-refractivity contribution >= 4 is 24.0 Å². The molecule has 0 aliphatic carbocycles. The van der Waals surface area contributed by atoms with Crippen LogP contribution in [0.15, 0.2) is 18.2 Å². The molecule has 0 saturated heterocycles. The highest BCUT2D eigenvalue weighted by atomic mass is 35.5. The van der Waals surface area contributed by atoms with Crippen molar-refractivity contribution in [1.29, 1.82) is 0 Å². The van der Waals surface area contributed by atoms with Crippen LogP contribution < -0.4 is 5.73 Å². The van der Waals surface area contributed by atoms with Crippen LogP contribution in [0.1, 0.15) is 36.9 Å². The third kappa shape index (κ3) is 3.49. The Morgan fingerprint density at radius 1 is 1.43 bits per heavy atom. The maximum Gasteiger partial charge on any atom is 0.0438 e. The number of nitrogens with two attached hydrogens (primary N) is 1. The zero-order valence-corrected chi connectivity index (χ0v) is 10.2. The van der Waals surface area contributed by atoms with Crippen molar-refractivity contribution in [3.63, 3.8) is 0 Å². The second-order valence-electron chi connectivity index (χ2n) is 3.40. The maximum absolute atomic E-state index is 6.00. The second-order valence-corrected chi connectivity index (χ2v) is 3.81. The van der Waals surface area contributed by atoms with Crippen LogP contribution in [0.3, 0.4) is 0 Å². The molecule has 0 spiro atoms. The van der Waals surface area contributed by atoms with E-state index in [2.05, 4.69) is 13.0 Å². The minimum atomic E-state index is 0. The van der Waals surface area contributed by atoms with Gasteiger partial charge < -0.3 is 5.73 Å². The molecule has 2 N–H and O–H groups in total. The van der Waals surface area contributed by atoms with Crippen LogP contribution in [-0.2, 0) is 0 Å². The molecule has 80 valence electrons. The topological polar surface area (TPSA) is 26.0 Å². The summed E-state index contributed by atoms with van der Waals surface area (Å²) in [7, 11) is 0. The molecule has 14 heavy (non-hydrogen) atoms. The van der Waals surface area contributed by atoms with Crippen molar-refractivity contribution in [3.8, 4) is 0 Å². The lowest BCUT2D eigenvalue weighted by atomic mass is 10.0. The Balaban J connectivity index is 0.00000169. The molecule has 0 unspecified atom stereocenters. The van der Waals surface area contributed by atoms with E-state index in [1.165, 1.54) is 0 Å². The molecule has 1 aromatic carbocycles. The maximum atomic E-state index is 6.00. The average molecular weight is 234 g/mol. The van der Waals surface area contributed by atoms with Crippen molar-refractivity contribution in [1.82, 2.24) is 0 Å². The van der Waals surface area contributed by atoms with Crippen molar-refractivity contribution in [2.75, 3.05) is 0 Å². The SMILES string of the molecule is CCC[C@@H](N)c1ccc(C)c(Cl)c1.Cl. The number of halogens is 2. The molecule has 0 radical (unpaired) electrons. The summed E-state index contributed by atoms with van der Waals surface area (Å²) in [5.41, 5.74) is 8.21. The third-order valence-electron chi connectivity index (χ3n) is 2.22.